The van der Waals surface area contributed by atoms with Crippen LogP contribution in [-0.2, 0) is 11.8 Å². The average Bonchev–Trinajstić information content (AvgIpc) is 2.88. The van der Waals surface area contributed by atoms with Crippen LogP contribution in [0.4, 0.5) is 4.39 Å². The van der Waals surface area contributed by atoms with Gasteiger partial charge in [0.15, 0.2) is 5.82 Å². The molecular formula is C23H25FN4O3. The lowest BCUT2D eigenvalue weighted by molar-refractivity contribution is -0.117. The lowest BCUT2D eigenvalue weighted by Crippen LogP contribution is -2.29. The third-order valence-corrected chi connectivity index (χ3v) is 6.32. The van der Waals surface area contributed by atoms with Crippen LogP contribution in [0.2, 0.25) is 0 Å². The van der Waals surface area contributed by atoms with Crippen LogP contribution in [-0.4, -0.2) is 51.1 Å². The summed E-state index contributed by atoms with van der Waals surface area (Å²) in [7, 11) is 3.39. The number of aliphatic hydroxyl groups is 1. The molecule has 1 aromatic carbocycles. The Morgan fingerprint density at radius 1 is 1.45 bits per heavy atom. The highest BCUT2D eigenvalue weighted by Gasteiger charge is 2.41. The smallest absolute Gasteiger partial charge is 0.284 e. The molecule has 1 aromatic heterocycles. The maximum Gasteiger partial charge on any atom is 0.284 e. The van der Waals surface area contributed by atoms with Crippen molar-refractivity contribution >= 4 is 12.3 Å². The summed E-state index contributed by atoms with van der Waals surface area (Å²) in [5.74, 6) is 5.10. The molecular weight excluding hydrogens is 399 g/mol. The Morgan fingerprint density at radius 3 is 2.81 bits per heavy atom. The first-order valence-electron chi connectivity index (χ1n) is 10.2. The van der Waals surface area contributed by atoms with E-state index >= 15 is 0 Å². The van der Waals surface area contributed by atoms with E-state index in [1.54, 1.807) is 24.7 Å². The summed E-state index contributed by atoms with van der Waals surface area (Å²) in [5, 5.41) is 10.5. The Labute approximate surface area is 180 Å². The molecule has 2 aromatic rings. The van der Waals surface area contributed by atoms with Gasteiger partial charge in [0.25, 0.3) is 5.91 Å². The van der Waals surface area contributed by atoms with Crippen molar-refractivity contribution in [2.24, 2.45) is 12.8 Å². The minimum atomic E-state index is -1.38. The Morgan fingerprint density at radius 2 is 2.16 bits per heavy atom. The Hall–Kier alpha value is -3.18. The number of rotatable bonds is 5. The molecule has 0 saturated heterocycles. The minimum absolute atomic E-state index is 0.152. The van der Waals surface area contributed by atoms with E-state index in [2.05, 4.69) is 16.8 Å². The first kappa shape index (κ1) is 21.1. The monoisotopic (exact) mass is 424 g/mol. The molecule has 3 N–H and O–H groups in total. The van der Waals surface area contributed by atoms with Gasteiger partial charge in [-0.05, 0) is 43.4 Å². The van der Waals surface area contributed by atoms with Gasteiger partial charge in [0, 0.05) is 44.2 Å². The van der Waals surface area contributed by atoms with Crippen LogP contribution >= 0.6 is 0 Å². The second-order valence-electron chi connectivity index (χ2n) is 8.74. The maximum atomic E-state index is 14.9. The van der Waals surface area contributed by atoms with Crippen molar-refractivity contribution in [2.45, 2.75) is 43.6 Å². The van der Waals surface area contributed by atoms with Crippen LogP contribution in [0.1, 0.15) is 65.5 Å². The highest BCUT2D eigenvalue weighted by molar-refractivity contribution is 5.91. The van der Waals surface area contributed by atoms with Crippen molar-refractivity contribution in [1.82, 2.24) is 14.5 Å². The first-order chi connectivity index (χ1) is 14.6. The predicted octanol–water partition coefficient (Wildman–Crippen LogP) is 1.88. The molecule has 0 spiro atoms. The molecule has 0 radical (unpaired) electrons. The molecule has 1 fully saturated rings. The van der Waals surface area contributed by atoms with Crippen molar-refractivity contribution < 1.29 is 19.1 Å². The highest BCUT2D eigenvalue weighted by atomic mass is 19.1. The van der Waals surface area contributed by atoms with Crippen LogP contribution in [0.25, 0.3) is 11.3 Å². The zero-order chi connectivity index (χ0) is 22.5. The molecule has 5 rings (SSSR count). The van der Waals surface area contributed by atoms with Gasteiger partial charge in [-0.2, -0.15) is 0 Å². The Bertz CT molecular complexity index is 1140. The van der Waals surface area contributed by atoms with Crippen LogP contribution in [0.15, 0.2) is 12.1 Å². The fraction of sp³-hybridized carbons (Fsp3) is 0.435. The third-order valence-electron chi connectivity index (χ3n) is 6.32. The average molecular weight is 424 g/mol. The SMILES string of the molecule is CN(C=O)CCC(C)(O)C#Cc1cc2c(cc1F)C1CC(C1)c1c-2nc(C(N)=O)n1C. The third kappa shape index (κ3) is 3.70. The number of benzene rings is 1. The number of nitrogens with zero attached hydrogens (tertiary/aromatic N) is 3. The highest BCUT2D eigenvalue weighted by Crippen LogP contribution is 2.55. The Kier molecular flexibility index (Phi) is 5.10. The molecule has 7 nitrogen and oxygen atoms in total. The number of halogens is 1. The topological polar surface area (TPSA) is 101 Å². The molecule has 3 aliphatic carbocycles. The standard InChI is InChI=1S/C23H25FN4O3/c1-23(31,6-7-27(2)12-29)5-4-13-10-17-16(11-18(13)24)14-8-15(9-14)20-19(17)26-22(21(25)30)28(20)3/h10-12,14-15,31H,6-9H2,1-3H3,(H2,25,30). The number of hydrogen-bond donors (Lipinski definition) is 2. The van der Waals surface area contributed by atoms with E-state index in [4.69, 9.17) is 5.73 Å². The number of amides is 2. The molecule has 1 heterocycles. The number of carbonyl (C=O) groups is 2. The molecule has 3 aliphatic rings. The zero-order valence-corrected chi connectivity index (χ0v) is 17.8. The number of aromatic nitrogens is 2. The van der Waals surface area contributed by atoms with E-state index in [1.807, 2.05) is 0 Å². The molecule has 8 heteroatoms. The fourth-order valence-electron chi connectivity index (χ4n) is 4.43. The van der Waals surface area contributed by atoms with E-state index in [0.717, 1.165) is 29.7 Å². The van der Waals surface area contributed by atoms with Gasteiger partial charge in [0.1, 0.15) is 11.4 Å². The molecule has 31 heavy (non-hydrogen) atoms. The molecule has 1 atom stereocenters. The summed E-state index contributed by atoms with van der Waals surface area (Å²) < 4.78 is 16.6. The lowest BCUT2D eigenvalue weighted by atomic mass is 9.71. The van der Waals surface area contributed by atoms with E-state index in [-0.39, 0.29) is 29.6 Å². The summed E-state index contributed by atoms with van der Waals surface area (Å²) in [6.07, 6.45) is 2.66. The molecule has 1 saturated carbocycles. The van der Waals surface area contributed by atoms with E-state index < -0.39 is 17.3 Å². The first-order valence-corrected chi connectivity index (χ1v) is 10.2. The van der Waals surface area contributed by atoms with Crippen LogP contribution in [0.3, 0.4) is 0 Å². The molecule has 162 valence electrons. The quantitative estimate of drug-likeness (QED) is 0.565. The van der Waals surface area contributed by atoms with Crippen LogP contribution < -0.4 is 5.73 Å². The second kappa shape index (κ2) is 7.50. The normalized spacial score (nSPS) is 20.2. The van der Waals surface area contributed by atoms with Gasteiger partial charge < -0.3 is 20.3 Å². The van der Waals surface area contributed by atoms with Gasteiger partial charge in [-0.3, -0.25) is 9.59 Å². The van der Waals surface area contributed by atoms with E-state index in [0.29, 0.717) is 18.6 Å². The lowest BCUT2D eigenvalue weighted by Gasteiger charge is -2.34. The molecule has 0 aliphatic heterocycles. The second-order valence-corrected chi connectivity index (χ2v) is 8.74. The predicted molar refractivity (Wildman–Crippen MR) is 113 cm³/mol. The van der Waals surface area contributed by atoms with Crippen molar-refractivity contribution in [3.63, 3.8) is 0 Å². The van der Waals surface area contributed by atoms with Crippen molar-refractivity contribution in [2.75, 3.05) is 13.6 Å². The van der Waals surface area contributed by atoms with E-state index in [1.165, 1.54) is 17.9 Å². The molecule has 2 bridgehead atoms. The van der Waals surface area contributed by atoms with Gasteiger partial charge in [-0.25, -0.2) is 9.37 Å². The molecule has 2 amide bonds. The largest absolute Gasteiger partial charge is 0.378 e. The van der Waals surface area contributed by atoms with Gasteiger partial charge in [-0.15, -0.1) is 0 Å². The number of nitrogens with two attached hydrogens (primary N) is 1. The van der Waals surface area contributed by atoms with Gasteiger partial charge >= 0.3 is 0 Å². The fourth-order valence-corrected chi connectivity index (χ4v) is 4.43. The molecule has 1 unspecified atom stereocenters. The maximum absolute atomic E-state index is 14.9. The number of imidazole rings is 1. The minimum Gasteiger partial charge on any atom is -0.378 e. The van der Waals surface area contributed by atoms with Crippen molar-refractivity contribution in [3.8, 4) is 23.1 Å². The summed E-state index contributed by atoms with van der Waals surface area (Å²) in [5.41, 5.74) is 7.49. The van der Waals surface area contributed by atoms with Gasteiger partial charge in [0.05, 0.1) is 11.3 Å². The summed E-state index contributed by atoms with van der Waals surface area (Å²) >= 11 is 0. The van der Waals surface area contributed by atoms with E-state index in [9.17, 15) is 19.1 Å². The number of primary amides is 1. The van der Waals surface area contributed by atoms with Gasteiger partial charge in [0.2, 0.25) is 6.41 Å². The van der Waals surface area contributed by atoms with Crippen molar-refractivity contribution in [3.05, 3.63) is 40.6 Å². The Balaban J connectivity index is 1.75. The number of carbonyl (C=O) groups excluding carboxylic acids is 2. The number of hydrogen-bond acceptors (Lipinski definition) is 4. The van der Waals surface area contributed by atoms with Crippen LogP contribution in [0.5, 0.6) is 0 Å². The summed E-state index contributed by atoms with van der Waals surface area (Å²) in [6.45, 7) is 1.86. The van der Waals surface area contributed by atoms with Crippen molar-refractivity contribution in [1.29, 1.82) is 0 Å². The summed E-state index contributed by atoms with van der Waals surface area (Å²) in [6, 6.07) is 3.16. The van der Waals surface area contributed by atoms with Crippen LogP contribution in [0, 0.1) is 17.7 Å². The zero-order valence-electron chi connectivity index (χ0n) is 17.8. The summed E-state index contributed by atoms with van der Waals surface area (Å²) in [4.78, 5) is 28.5. The van der Waals surface area contributed by atoms with Gasteiger partial charge in [-0.1, -0.05) is 11.8 Å².